The molecule has 3 aromatic rings. The van der Waals surface area contributed by atoms with Crippen LogP contribution in [0.3, 0.4) is 0 Å². The summed E-state index contributed by atoms with van der Waals surface area (Å²) >= 11 is 0. The van der Waals surface area contributed by atoms with E-state index in [-0.39, 0.29) is 25.0 Å². The van der Waals surface area contributed by atoms with Crippen LogP contribution in [0.15, 0.2) is 54.6 Å². The second-order valence-electron chi connectivity index (χ2n) is 8.27. The van der Waals surface area contributed by atoms with Crippen LogP contribution in [0, 0.1) is 6.92 Å². The van der Waals surface area contributed by atoms with Gasteiger partial charge < -0.3 is 24.8 Å². The SMILES string of the molecule is COc1ccc(CN2C(=O)COCC2C(O)c2ccc(NC(=O)c3cc(C)nn3C)cc2)cc1. The van der Waals surface area contributed by atoms with Gasteiger partial charge in [-0.05, 0) is 48.4 Å². The van der Waals surface area contributed by atoms with Gasteiger partial charge in [-0.15, -0.1) is 0 Å². The second-order valence-corrected chi connectivity index (χ2v) is 8.27. The number of nitrogens with zero attached hydrogens (tertiary/aromatic N) is 3. The summed E-state index contributed by atoms with van der Waals surface area (Å²) in [4.78, 5) is 26.8. The number of morpholine rings is 1. The van der Waals surface area contributed by atoms with Crippen molar-refractivity contribution in [3.8, 4) is 5.75 Å². The van der Waals surface area contributed by atoms with E-state index in [1.807, 2.05) is 31.2 Å². The first-order valence-electron chi connectivity index (χ1n) is 11.0. The summed E-state index contributed by atoms with van der Waals surface area (Å²) in [6.45, 7) is 2.38. The van der Waals surface area contributed by atoms with E-state index in [1.54, 1.807) is 49.4 Å². The number of ether oxygens (including phenoxy) is 2. The maximum absolute atomic E-state index is 12.6. The number of hydrogen-bond acceptors (Lipinski definition) is 6. The lowest BCUT2D eigenvalue weighted by Gasteiger charge is -2.38. The highest BCUT2D eigenvalue weighted by molar-refractivity contribution is 6.03. The number of amides is 2. The highest BCUT2D eigenvalue weighted by Gasteiger charge is 2.34. The largest absolute Gasteiger partial charge is 0.497 e. The highest BCUT2D eigenvalue weighted by Crippen LogP contribution is 2.27. The number of nitrogens with one attached hydrogen (secondary N) is 1. The molecule has 2 unspecified atom stereocenters. The Morgan fingerprint density at radius 1 is 1.24 bits per heavy atom. The van der Waals surface area contributed by atoms with E-state index < -0.39 is 12.1 Å². The smallest absolute Gasteiger partial charge is 0.273 e. The molecule has 0 saturated carbocycles. The molecule has 178 valence electrons. The first kappa shape index (κ1) is 23.5. The van der Waals surface area contributed by atoms with Crippen molar-refractivity contribution in [1.29, 1.82) is 0 Å². The van der Waals surface area contributed by atoms with Crippen LogP contribution in [0.2, 0.25) is 0 Å². The Hall–Kier alpha value is -3.69. The summed E-state index contributed by atoms with van der Waals surface area (Å²) in [6, 6.07) is 15.6. The number of aliphatic hydroxyl groups excluding tert-OH is 1. The van der Waals surface area contributed by atoms with Crippen LogP contribution in [0.5, 0.6) is 5.75 Å². The lowest BCUT2D eigenvalue weighted by atomic mass is 9.99. The van der Waals surface area contributed by atoms with E-state index in [1.165, 1.54) is 4.68 Å². The molecule has 2 heterocycles. The summed E-state index contributed by atoms with van der Waals surface area (Å²) < 4.78 is 12.2. The van der Waals surface area contributed by atoms with Crippen LogP contribution in [0.4, 0.5) is 5.69 Å². The monoisotopic (exact) mass is 464 g/mol. The molecule has 1 aliphatic rings. The van der Waals surface area contributed by atoms with Crippen molar-refractivity contribution in [3.05, 3.63) is 77.1 Å². The van der Waals surface area contributed by atoms with Crippen molar-refractivity contribution in [3.63, 3.8) is 0 Å². The van der Waals surface area contributed by atoms with Gasteiger partial charge in [0.2, 0.25) is 5.91 Å². The Labute approximate surface area is 197 Å². The molecule has 34 heavy (non-hydrogen) atoms. The van der Waals surface area contributed by atoms with Gasteiger partial charge >= 0.3 is 0 Å². The van der Waals surface area contributed by atoms with Crippen LogP contribution in [0.1, 0.15) is 33.4 Å². The molecule has 0 bridgehead atoms. The molecule has 9 heteroatoms. The summed E-state index contributed by atoms with van der Waals surface area (Å²) in [5.41, 5.74) is 3.35. The number of aromatic nitrogens is 2. The molecule has 2 atom stereocenters. The highest BCUT2D eigenvalue weighted by atomic mass is 16.5. The molecule has 0 radical (unpaired) electrons. The third kappa shape index (κ3) is 5.11. The summed E-state index contributed by atoms with van der Waals surface area (Å²) in [5.74, 6) is 0.286. The molecule has 0 spiro atoms. The molecule has 1 aliphatic heterocycles. The zero-order chi connectivity index (χ0) is 24.2. The molecule has 2 N–H and O–H groups in total. The molecule has 1 fully saturated rings. The average Bonchev–Trinajstić information content (AvgIpc) is 3.19. The number of methoxy groups -OCH3 is 1. The molecular formula is C25H28N4O5. The fourth-order valence-corrected chi connectivity index (χ4v) is 4.02. The van der Waals surface area contributed by atoms with Crippen LogP contribution in [-0.2, 0) is 23.1 Å². The second kappa shape index (κ2) is 10.1. The fraction of sp³-hybridized carbons (Fsp3) is 0.320. The summed E-state index contributed by atoms with van der Waals surface area (Å²) in [5, 5.41) is 18.1. The predicted octanol–water partition coefficient (Wildman–Crippen LogP) is 2.45. The number of aliphatic hydroxyl groups is 1. The van der Waals surface area contributed by atoms with E-state index in [0.29, 0.717) is 23.5 Å². The van der Waals surface area contributed by atoms with Gasteiger partial charge in [0.25, 0.3) is 5.91 Å². The topological polar surface area (TPSA) is 106 Å². The number of carbonyl (C=O) groups is 2. The quantitative estimate of drug-likeness (QED) is 0.557. The van der Waals surface area contributed by atoms with E-state index >= 15 is 0 Å². The van der Waals surface area contributed by atoms with E-state index in [0.717, 1.165) is 17.0 Å². The van der Waals surface area contributed by atoms with Gasteiger partial charge in [-0.2, -0.15) is 5.10 Å². The fourth-order valence-electron chi connectivity index (χ4n) is 4.02. The summed E-state index contributed by atoms with van der Waals surface area (Å²) in [7, 11) is 3.32. The van der Waals surface area contributed by atoms with Crippen LogP contribution < -0.4 is 10.1 Å². The summed E-state index contributed by atoms with van der Waals surface area (Å²) in [6.07, 6.45) is -0.952. The first-order valence-corrected chi connectivity index (χ1v) is 11.0. The molecule has 9 nitrogen and oxygen atoms in total. The van der Waals surface area contributed by atoms with Crippen LogP contribution >= 0.6 is 0 Å². The maximum Gasteiger partial charge on any atom is 0.273 e. The van der Waals surface area contributed by atoms with Crippen molar-refractivity contribution in [2.24, 2.45) is 7.05 Å². The number of aryl methyl sites for hydroxylation is 2. The Morgan fingerprint density at radius 2 is 1.94 bits per heavy atom. The minimum Gasteiger partial charge on any atom is -0.497 e. The molecule has 2 amide bonds. The van der Waals surface area contributed by atoms with Crippen LogP contribution in [-0.4, -0.2) is 58.0 Å². The van der Waals surface area contributed by atoms with Gasteiger partial charge in [-0.3, -0.25) is 14.3 Å². The normalized spacial score (nSPS) is 16.9. The number of anilines is 1. The predicted molar refractivity (Wildman–Crippen MR) is 125 cm³/mol. The molecule has 2 aromatic carbocycles. The van der Waals surface area contributed by atoms with Gasteiger partial charge in [0.1, 0.15) is 24.2 Å². The minimum atomic E-state index is -0.952. The first-order chi connectivity index (χ1) is 16.4. The lowest BCUT2D eigenvalue weighted by Crippen LogP contribution is -2.51. The number of carbonyl (C=O) groups excluding carboxylic acids is 2. The van der Waals surface area contributed by atoms with Gasteiger partial charge in [0, 0.05) is 19.3 Å². The maximum atomic E-state index is 12.6. The van der Waals surface area contributed by atoms with Crippen LogP contribution in [0.25, 0.3) is 0 Å². The Bertz CT molecular complexity index is 1160. The third-order valence-corrected chi connectivity index (χ3v) is 5.86. The van der Waals surface area contributed by atoms with Crippen molar-refractivity contribution in [1.82, 2.24) is 14.7 Å². The van der Waals surface area contributed by atoms with Gasteiger partial charge in [-0.25, -0.2) is 0 Å². The number of benzene rings is 2. The van der Waals surface area contributed by atoms with E-state index in [4.69, 9.17) is 9.47 Å². The zero-order valence-corrected chi connectivity index (χ0v) is 19.4. The van der Waals surface area contributed by atoms with Crippen molar-refractivity contribution in [2.45, 2.75) is 25.6 Å². The van der Waals surface area contributed by atoms with E-state index in [9.17, 15) is 14.7 Å². The van der Waals surface area contributed by atoms with Gasteiger partial charge in [0.05, 0.1) is 25.5 Å². The third-order valence-electron chi connectivity index (χ3n) is 5.86. The standard InChI is InChI=1S/C25H28N4O5/c1-16-12-21(28(2)27-16)25(32)26-19-8-6-18(7-9-19)24(31)22-14-34-15-23(30)29(22)13-17-4-10-20(33-3)11-5-17/h4-12,22,24,31H,13-15H2,1-3H3,(H,26,32). The Morgan fingerprint density at radius 3 is 2.56 bits per heavy atom. The molecule has 1 aromatic heterocycles. The average molecular weight is 465 g/mol. The molecular weight excluding hydrogens is 436 g/mol. The lowest BCUT2D eigenvalue weighted by molar-refractivity contribution is -0.155. The number of hydrogen-bond donors (Lipinski definition) is 2. The Balaban J connectivity index is 1.46. The molecule has 1 saturated heterocycles. The van der Waals surface area contributed by atoms with Crippen molar-refractivity contribution >= 4 is 17.5 Å². The zero-order valence-electron chi connectivity index (χ0n) is 19.4. The van der Waals surface area contributed by atoms with Gasteiger partial charge in [-0.1, -0.05) is 24.3 Å². The minimum absolute atomic E-state index is 0.0160. The van der Waals surface area contributed by atoms with Gasteiger partial charge in [0.15, 0.2) is 0 Å². The van der Waals surface area contributed by atoms with Crippen molar-refractivity contribution in [2.75, 3.05) is 25.6 Å². The van der Waals surface area contributed by atoms with Crippen molar-refractivity contribution < 1.29 is 24.2 Å². The number of rotatable bonds is 7. The molecule has 0 aliphatic carbocycles. The van der Waals surface area contributed by atoms with E-state index in [2.05, 4.69) is 10.4 Å². The molecule has 4 rings (SSSR count). The Kier molecular flexibility index (Phi) is 6.95.